The van der Waals surface area contributed by atoms with Crippen LogP contribution in [0, 0.1) is 0 Å². The molecule has 0 saturated heterocycles. The van der Waals surface area contributed by atoms with E-state index in [-0.39, 0.29) is 0 Å². The molecule has 0 radical (unpaired) electrons. The maximum atomic E-state index is 11.7. The van der Waals surface area contributed by atoms with Gasteiger partial charge in [-0.05, 0) is 12.1 Å². The smallest absolute Gasteiger partial charge is 0.327 e. The number of benzene rings is 1. The molecule has 0 atom stereocenters. The van der Waals surface area contributed by atoms with Gasteiger partial charge >= 0.3 is 5.69 Å². The standard InChI is InChI=1S/C11H10N4O2/c1-15-7-5-3-2-4-6(7)12-8-9(15)13-11(17)14-10(8)16/h2-5,12H,1H3,(H2,13,14,16,17). The van der Waals surface area contributed by atoms with E-state index < -0.39 is 11.2 Å². The SMILES string of the molecule is CN1c2ccccc2Nc2c1[nH]c(=O)[nH]c2=O. The molecule has 0 aliphatic carbocycles. The molecule has 17 heavy (non-hydrogen) atoms. The molecule has 0 amide bonds. The number of para-hydroxylation sites is 2. The fraction of sp³-hybridized carbons (Fsp3) is 0.0909. The van der Waals surface area contributed by atoms with Crippen LogP contribution in [0.5, 0.6) is 0 Å². The fourth-order valence-electron chi connectivity index (χ4n) is 1.97. The maximum absolute atomic E-state index is 11.7. The number of fused-ring (bicyclic) bond motifs is 2. The molecule has 0 unspecified atom stereocenters. The van der Waals surface area contributed by atoms with E-state index in [9.17, 15) is 9.59 Å². The molecule has 86 valence electrons. The Morgan fingerprint density at radius 3 is 2.71 bits per heavy atom. The first-order chi connectivity index (χ1) is 8.16. The summed E-state index contributed by atoms with van der Waals surface area (Å²) in [5.41, 5.74) is 1.15. The van der Waals surface area contributed by atoms with Crippen molar-refractivity contribution in [1.29, 1.82) is 0 Å². The van der Waals surface area contributed by atoms with Crippen LogP contribution in [0.25, 0.3) is 0 Å². The van der Waals surface area contributed by atoms with E-state index in [1.54, 1.807) is 11.9 Å². The van der Waals surface area contributed by atoms with Crippen LogP contribution in [0.2, 0.25) is 0 Å². The number of hydrogen-bond donors (Lipinski definition) is 3. The average molecular weight is 230 g/mol. The Balaban J connectivity index is 2.30. The molecular formula is C11H10N4O2. The molecule has 1 aromatic carbocycles. The molecular weight excluding hydrogens is 220 g/mol. The second-order valence-electron chi connectivity index (χ2n) is 3.83. The van der Waals surface area contributed by atoms with Crippen LogP contribution in [-0.4, -0.2) is 17.0 Å². The highest BCUT2D eigenvalue weighted by Crippen LogP contribution is 2.38. The van der Waals surface area contributed by atoms with E-state index in [0.29, 0.717) is 11.5 Å². The van der Waals surface area contributed by atoms with Gasteiger partial charge in [0.05, 0.1) is 11.4 Å². The highest BCUT2D eigenvalue weighted by atomic mass is 16.2. The highest BCUT2D eigenvalue weighted by Gasteiger charge is 2.22. The third kappa shape index (κ3) is 1.34. The molecule has 1 aliphatic heterocycles. The zero-order valence-corrected chi connectivity index (χ0v) is 9.07. The molecule has 0 saturated carbocycles. The summed E-state index contributed by atoms with van der Waals surface area (Å²) in [6.07, 6.45) is 0. The van der Waals surface area contributed by atoms with Crippen molar-refractivity contribution in [2.45, 2.75) is 0 Å². The predicted octanol–water partition coefficient (Wildman–Crippen LogP) is 0.888. The maximum Gasteiger partial charge on any atom is 0.327 e. The van der Waals surface area contributed by atoms with Gasteiger partial charge in [-0.2, -0.15) is 0 Å². The molecule has 0 spiro atoms. The van der Waals surface area contributed by atoms with Gasteiger partial charge in [0.1, 0.15) is 11.5 Å². The second-order valence-corrected chi connectivity index (χ2v) is 3.83. The van der Waals surface area contributed by atoms with Gasteiger partial charge in [0.2, 0.25) is 0 Å². The Morgan fingerprint density at radius 2 is 1.88 bits per heavy atom. The summed E-state index contributed by atoms with van der Waals surface area (Å²) >= 11 is 0. The minimum atomic E-state index is -0.512. The van der Waals surface area contributed by atoms with Gasteiger partial charge in [-0.25, -0.2) is 4.79 Å². The van der Waals surface area contributed by atoms with Gasteiger partial charge in [0, 0.05) is 7.05 Å². The van der Waals surface area contributed by atoms with Gasteiger partial charge in [-0.3, -0.25) is 14.8 Å². The lowest BCUT2D eigenvalue weighted by molar-refractivity contribution is 0.992. The number of hydrogen-bond acceptors (Lipinski definition) is 4. The normalized spacial score (nSPS) is 12.6. The van der Waals surface area contributed by atoms with Gasteiger partial charge in [-0.15, -0.1) is 0 Å². The number of nitrogens with one attached hydrogen (secondary N) is 3. The Bertz CT molecular complexity index is 701. The fourth-order valence-corrected chi connectivity index (χ4v) is 1.97. The lowest BCUT2D eigenvalue weighted by Gasteiger charge is -2.28. The quantitative estimate of drug-likeness (QED) is 0.627. The van der Waals surface area contributed by atoms with Gasteiger partial charge < -0.3 is 10.2 Å². The predicted molar refractivity (Wildman–Crippen MR) is 65.5 cm³/mol. The van der Waals surface area contributed by atoms with E-state index >= 15 is 0 Å². The molecule has 1 aromatic heterocycles. The number of rotatable bonds is 0. The Morgan fingerprint density at radius 1 is 1.12 bits per heavy atom. The van der Waals surface area contributed by atoms with Gasteiger partial charge in [0.25, 0.3) is 5.56 Å². The summed E-state index contributed by atoms with van der Waals surface area (Å²) in [6, 6.07) is 7.56. The van der Waals surface area contributed by atoms with Crippen LogP contribution in [0.15, 0.2) is 33.9 Å². The Labute approximate surface area is 95.9 Å². The average Bonchev–Trinajstić information content (AvgIpc) is 2.31. The number of H-pyrrole nitrogens is 2. The lowest BCUT2D eigenvalue weighted by atomic mass is 10.2. The van der Waals surface area contributed by atoms with Crippen molar-refractivity contribution < 1.29 is 0 Å². The first-order valence-electron chi connectivity index (χ1n) is 5.13. The zero-order chi connectivity index (χ0) is 12.0. The van der Waals surface area contributed by atoms with Crippen LogP contribution in [-0.2, 0) is 0 Å². The van der Waals surface area contributed by atoms with Crippen LogP contribution in [0.1, 0.15) is 0 Å². The largest absolute Gasteiger partial charge is 0.346 e. The van der Waals surface area contributed by atoms with Gasteiger partial charge in [-0.1, -0.05) is 12.1 Å². The molecule has 2 aromatic rings. The zero-order valence-electron chi connectivity index (χ0n) is 9.07. The second kappa shape index (κ2) is 3.24. The molecule has 0 bridgehead atoms. The van der Waals surface area contributed by atoms with E-state index in [4.69, 9.17) is 0 Å². The van der Waals surface area contributed by atoms with Crippen molar-refractivity contribution >= 4 is 22.9 Å². The molecule has 6 heteroatoms. The first kappa shape index (κ1) is 9.71. The number of nitrogens with zero attached hydrogens (tertiary/aromatic N) is 1. The van der Waals surface area contributed by atoms with E-state index in [1.807, 2.05) is 24.3 Å². The Kier molecular flexibility index (Phi) is 1.85. The summed E-state index contributed by atoms with van der Waals surface area (Å²) in [4.78, 5) is 29.5. The van der Waals surface area contributed by atoms with Crippen LogP contribution in [0.4, 0.5) is 22.9 Å². The van der Waals surface area contributed by atoms with E-state index in [2.05, 4.69) is 15.3 Å². The van der Waals surface area contributed by atoms with Crippen molar-refractivity contribution in [3.05, 3.63) is 45.1 Å². The molecule has 1 aliphatic rings. The van der Waals surface area contributed by atoms with Crippen LogP contribution >= 0.6 is 0 Å². The van der Waals surface area contributed by atoms with Crippen molar-refractivity contribution in [3.8, 4) is 0 Å². The third-order valence-electron chi connectivity index (χ3n) is 2.78. The lowest BCUT2D eigenvalue weighted by Crippen LogP contribution is -2.31. The van der Waals surface area contributed by atoms with Crippen molar-refractivity contribution in [1.82, 2.24) is 9.97 Å². The third-order valence-corrected chi connectivity index (χ3v) is 2.78. The number of anilines is 4. The Hall–Kier alpha value is -2.50. The number of aromatic nitrogens is 2. The monoisotopic (exact) mass is 230 g/mol. The van der Waals surface area contributed by atoms with Crippen LogP contribution in [0.3, 0.4) is 0 Å². The van der Waals surface area contributed by atoms with Crippen molar-refractivity contribution in [3.63, 3.8) is 0 Å². The van der Waals surface area contributed by atoms with E-state index in [0.717, 1.165) is 11.4 Å². The summed E-state index contributed by atoms with van der Waals surface area (Å²) in [6.45, 7) is 0. The summed E-state index contributed by atoms with van der Waals surface area (Å²) < 4.78 is 0. The highest BCUT2D eigenvalue weighted by molar-refractivity contribution is 5.88. The molecule has 6 nitrogen and oxygen atoms in total. The summed E-state index contributed by atoms with van der Waals surface area (Å²) in [5, 5.41) is 3.01. The molecule has 3 N–H and O–H groups in total. The minimum Gasteiger partial charge on any atom is -0.346 e. The summed E-state index contributed by atoms with van der Waals surface area (Å²) in [7, 11) is 1.80. The number of aromatic amines is 2. The molecule has 2 heterocycles. The van der Waals surface area contributed by atoms with Crippen LogP contribution < -0.4 is 21.5 Å². The minimum absolute atomic E-state index is 0.353. The van der Waals surface area contributed by atoms with Crippen molar-refractivity contribution in [2.75, 3.05) is 17.3 Å². The van der Waals surface area contributed by atoms with E-state index in [1.165, 1.54) is 0 Å². The topological polar surface area (TPSA) is 81.0 Å². The van der Waals surface area contributed by atoms with Crippen molar-refractivity contribution in [2.24, 2.45) is 0 Å². The first-order valence-corrected chi connectivity index (χ1v) is 5.13. The van der Waals surface area contributed by atoms with Gasteiger partial charge in [0.15, 0.2) is 0 Å². The molecule has 3 rings (SSSR count). The summed E-state index contributed by atoms with van der Waals surface area (Å²) in [5.74, 6) is 0.470. The molecule has 0 fully saturated rings.